The van der Waals surface area contributed by atoms with Gasteiger partial charge in [-0.1, -0.05) is 48.5 Å². The summed E-state index contributed by atoms with van der Waals surface area (Å²) >= 11 is 0. The minimum absolute atomic E-state index is 0.0840. The molecular weight excluding hydrogens is 534 g/mol. The molecule has 0 aliphatic rings. The van der Waals surface area contributed by atoms with Crippen molar-refractivity contribution in [2.45, 2.75) is 49.9 Å². The molecule has 4 unspecified atom stereocenters. The molecule has 0 saturated carbocycles. The Balaban J connectivity index is 1.67. The fraction of sp³-hybridized carbons (Fsp3) is 0.321. The van der Waals surface area contributed by atoms with E-state index in [1.807, 2.05) is 12.1 Å². The SMILES string of the molecule is NC(Cc1ccccc1)C(=O)NC(CO)C(=O)NC(CCC(=O)O)C(=O)NC(Cc1c[nH]c2ccccc12)C(=O)O. The van der Waals surface area contributed by atoms with Crippen molar-refractivity contribution < 1.29 is 39.3 Å². The Morgan fingerprint density at radius 2 is 1.39 bits per heavy atom. The molecule has 9 N–H and O–H groups in total. The van der Waals surface area contributed by atoms with Gasteiger partial charge in [0, 0.05) is 29.9 Å². The highest BCUT2D eigenvalue weighted by Gasteiger charge is 2.31. The minimum atomic E-state index is -1.49. The van der Waals surface area contributed by atoms with E-state index < -0.39 is 66.9 Å². The summed E-state index contributed by atoms with van der Waals surface area (Å²) < 4.78 is 0. The molecule has 0 fully saturated rings. The number of H-pyrrole nitrogens is 1. The lowest BCUT2D eigenvalue weighted by atomic mass is 10.0. The molecule has 3 rings (SSSR count). The Morgan fingerprint density at radius 3 is 2.05 bits per heavy atom. The van der Waals surface area contributed by atoms with Crippen LogP contribution in [-0.4, -0.2) is 80.7 Å². The van der Waals surface area contributed by atoms with E-state index >= 15 is 0 Å². The van der Waals surface area contributed by atoms with E-state index in [2.05, 4.69) is 20.9 Å². The normalized spacial score (nSPS) is 13.9. The van der Waals surface area contributed by atoms with Gasteiger partial charge in [0.25, 0.3) is 0 Å². The van der Waals surface area contributed by atoms with Gasteiger partial charge in [0.1, 0.15) is 18.1 Å². The molecule has 2 aromatic carbocycles. The topological polar surface area (TPSA) is 224 Å². The van der Waals surface area contributed by atoms with Crippen molar-refractivity contribution in [1.82, 2.24) is 20.9 Å². The van der Waals surface area contributed by atoms with Crippen molar-refractivity contribution >= 4 is 40.6 Å². The number of para-hydroxylation sites is 1. The highest BCUT2D eigenvalue weighted by Crippen LogP contribution is 2.19. The number of carboxylic acids is 2. The van der Waals surface area contributed by atoms with E-state index in [-0.39, 0.29) is 19.3 Å². The molecule has 3 amide bonds. The molecule has 1 heterocycles. The Hall–Kier alpha value is -4.75. The molecule has 218 valence electrons. The number of carbonyl (C=O) groups excluding carboxylic acids is 3. The van der Waals surface area contributed by atoms with Crippen LogP contribution >= 0.6 is 0 Å². The molecular formula is C28H33N5O8. The third-order valence-corrected chi connectivity index (χ3v) is 6.44. The fourth-order valence-corrected chi connectivity index (χ4v) is 4.24. The molecule has 3 aromatic rings. The number of aliphatic hydroxyl groups is 1. The molecule has 41 heavy (non-hydrogen) atoms. The summed E-state index contributed by atoms with van der Waals surface area (Å²) in [5.41, 5.74) is 8.14. The summed E-state index contributed by atoms with van der Waals surface area (Å²) in [4.78, 5) is 64.7. The number of aromatic nitrogens is 1. The Labute approximate surface area is 235 Å². The summed E-state index contributed by atoms with van der Waals surface area (Å²) in [6.45, 7) is -0.832. The van der Waals surface area contributed by atoms with Crippen molar-refractivity contribution in [2.75, 3.05) is 6.61 Å². The van der Waals surface area contributed by atoms with Gasteiger partial charge in [-0.3, -0.25) is 19.2 Å². The van der Waals surface area contributed by atoms with Crippen LogP contribution in [0, 0.1) is 0 Å². The van der Waals surface area contributed by atoms with Gasteiger partial charge in [-0.2, -0.15) is 0 Å². The van der Waals surface area contributed by atoms with Crippen LogP contribution in [0.25, 0.3) is 10.9 Å². The number of rotatable bonds is 15. The number of nitrogens with two attached hydrogens (primary N) is 1. The number of nitrogens with one attached hydrogen (secondary N) is 4. The van der Waals surface area contributed by atoms with Crippen molar-refractivity contribution in [1.29, 1.82) is 0 Å². The molecule has 1 aromatic heterocycles. The van der Waals surface area contributed by atoms with Crippen LogP contribution in [0.3, 0.4) is 0 Å². The molecule has 13 heteroatoms. The number of hydrogen-bond donors (Lipinski definition) is 8. The van der Waals surface area contributed by atoms with Crippen LogP contribution in [0.5, 0.6) is 0 Å². The fourth-order valence-electron chi connectivity index (χ4n) is 4.24. The number of fused-ring (bicyclic) bond motifs is 1. The summed E-state index contributed by atoms with van der Waals surface area (Å²) in [6.07, 6.45) is 0.832. The molecule has 0 aliphatic heterocycles. The minimum Gasteiger partial charge on any atom is -0.481 e. The average Bonchev–Trinajstić information content (AvgIpc) is 3.36. The van der Waals surface area contributed by atoms with E-state index in [1.165, 1.54) is 0 Å². The van der Waals surface area contributed by atoms with E-state index in [0.717, 1.165) is 16.5 Å². The summed E-state index contributed by atoms with van der Waals surface area (Å²) in [5.74, 6) is -5.21. The molecule has 4 atom stereocenters. The first kappa shape index (κ1) is 30.8. The zero-order valence-electron chi connectivity index (χ0n) is 22.1. The highest BCUT2D eigenvalue weighted by atomic mass is 16.4. The number of carbonyl (C=O) groups is 5. The molecule has 0 bridgehead atoms. The second-order valence-electron chi connectivity index (χ2n) is 9.50. The maximum atomic E-state index is 13.1. The number of aliphatic carboxylic acids is 2. The number of benzene rings is 2. The quantitative estimate of drug-likeness (QED) is 0.120. The summed E-state index contributed by atoms with van der Waals surface area (Å²) in [7, 11) is 0. The van der Waals surface area contributed by atoms with Crippen LogP contribution in [0.2, 0.25) is 0 Å². The van der Waals surface area contributed by atoms with Crippen LogP contribution in [0.15, 0.2) is 60.8 Å². The third-order valence-electron chi connectivity index (χ3n) is 6.44. The smallest absolute Gasteiger partial charge is 0.326 e. The van der Waals surface area contributed by atoms with Gasteiger partial charge in [0.05, 0.1) is 12.6 Å². The number of aliphatic hydroxyl groups excluding tert-OH is 1. The molecule has 0 aliphatic carbocycles. The molecule has 13 nitrogen and oxygen atoms in total. The molecule has 0 spiro atoms. The van der Waals surface area contributed by atoms with Gasteiger partial charge in [0.15, 0.2) is 0 Å². The lowest BCUT2D eigenvalue weighted by Gasteiger charge is -2.24. The van der Waals surface area contributed by atoms with Gasteiger partial charge < -0.3 is 42.0 Å². The number of carboxylic acid groups (broad SMARTS) is 2. The van der Waals surface area contributed by atoms with Gasteiger partial charge in [-0.05, 0) is 30.0 Å². The Morgan fingerprint density at radius 1 is 0.780 bits per heavy atom. The highest BCUT2D eigenvalue weighted by molar-refractivity contribution is 5.94. The summed E-state index contributed by atoms with van der Waals surface area (Å²) in [6, 6.07) is 10.7. The van der Waals surface area contributed by atoms with E-state index in [4.69, 9.17) is 10.8 Å². The van der Waals surface area contributed by atoms with Gasteiger partial charge >= 0.3 is 11.9 Å². The number of amides is 3. The van der Waals surface area contributed by atoms with Crippen LogP contribution in [0.1, 0.15) is 24.0 Å². The number of aromatic amines is 1. The standard InChI is InChI=1S/C28H33N5O8/c29-19(12-16-6-2-1-3-7-16)25(37)33-23(15-34)27(39)31-21(10-11-24(35)36)26(38)32-22(28(40)41)13-17-14-30-20-9-5-4-8-18(17)20/h1-9,14,19,21-23,30,34H,10-13,15,29H2,(H,31,39)(H,32,38)(H,33,37)(H,35,36)(H,40,41). The lowest BCUT2D eigenvalue weighted by molar-refractivity contribution is -0.143. The van der Waals surface area contributed by atoms with Gasteiger partial charge in [-0.15, -0.1) is 0 Å². The van der Waals surface area contributed by atoms with E-state index in [9.17, 15) is 34.2 Å². The average molecular weight is 568 g/mol. The summed E-state index contributed by atoms with van der Waals surface area (Å²) in [5, 5.41) is 36.4. The first-order valence-corrected chi connectivity index (χ1v) is 12.9. The predicted molar refractivity (Wildman–Crippen MR) is 148 cm³/mol. The van der Waals surface area contributed by atoms with Crippen LogP contribution in [0.4, 0.5) is 0 Å². The van der Waals surface area contributed by atoms with E-state index in [0.29, 0.717) is 5.56 Å². The first-order chi connectivity index (χ1) is 19.6. The Kier molecular flexibility index (Phi) is 11.0. The molecule has 0 radical (unpaired) electrons. The van der Waals surface area contributed by atoms with Crippen molar-refractivity contribution in [3.63, 3.8) is 0 Å². The Bertz CT molecular complexity index is 1380. The van der Waals surface area contributed by atoms with Crippen LogP contribution in [-0.2, 0) is 36.8 Å². The second kappa shape index (κ2) is 14.6. The van der Waals surface area contributed by atoms with Crippen molar-refractivity contribution in [3.8, 4) is 0 Å². The lowest BCUT2D eigenvalue weighted by Crippen LogP contribution is -2.58. The third kappa shape index (κ3) is 8.88. The maximum Gasteiger partial charge on any atom is 0.326 e. The maximum absolute atomic E-state index is 13.1. The first-order valence-electron chi connectivity index (χ1n) is 12.9. The zero-order chi connectivity index (χ0) is 29.9. The second-order valence-corrected chi connectivity index (χ2v) is 9.50. The van der Waals surface area contributed by atoms with Gasteiger partial charge in [0.2, 0.25) is 17.7 Å². The monoisotopic (exact) mass is 567 g/mol. The number of hydrogen-bond acceptors (Lipinski definition) is 7. The van der Waals surface area contributed by atoms with Crippen molar-refractivity contribution in [3.05, 3.63) is 71.9 Å². The van der Waals surface area contributed by atoms with Crippen LogP contribution < -0.4 is 21.7 Å². The largest absolute Gasteiger partial charge is 0.481 e. The predicted octanol–water partition coefficient (Wildman–Crippen LogP) is -0.323. The zero-order valence-corrected chi connectivity index (χ0v) is 22.1. The van der Waals surface area contributed by atoms with E-state index in [1.54, 1.807) is 48.7 Å². The van der Waals surface area contributed by atoms with Gasteiger partial charge in [-0.25, -0.2) is 4.79 Å². The van der Waals surface area contributed by atoms with Crippen molar-refractivity contribution in [2.24, 2.45) is 5.73 Å². The molecule has 0 saturated heterocycles.